The Hall–Kier alpha value is -1.41. The Bertz CT molecular complexity index is 570. The molecule has 0 bridgehead atoms. The second kappa shape index (κ2) is 6.57. The van der Waals surface area contributed by atoms with Gasteiger partial charge in [-0.25, -0.2) is 17.7 Å². The number of H-pyrrole nitrogens is 1. The fourth-order valence-electron chi connectivity index (χ4n) is 2.58. The Morgan fingerprint density at radius 1 is 1.62 bits per heavy atom. The maximum Gasteiger partial charge on any atom is 0.225 e. The van der Waals surface area contributed by atoms with Crippen LogP contribution in [-0.2, 0) is 14.8 Å². The van der Waals surface area contributed by atoms with E-state index in [0.29, 0.717) is 19.4 Å². The van der Waals surface area contributed by atoms with Crippen molar-refractivity contribution in [2.45, 2.75) is 32.2 Å². The normalized spacial score (nSPS) is 21.9. The molecule has 1 aliphatic rings. The number of carbonyl (C=O) groups excluding carboxylic acids is 1. The third kappa shape index (κ3) is 4.04. The molecule has 1 aliphatic heterocycles. The zero-order valence-corrected chi connectivity index (χ0v) is 13.2. The smallest absolute Gasteiger partial charge is 0.225 e. The van der Waals surface area contributed by atoms with Gasteiger partial charge in [-0.2, -0.15) is 0 Å². The number of piperidine rings is 1. The van der Waals surface area contributed by atoms with Gasteiger partial charge in [0, 0.05) is 25.5 Å². The van der Waals surface area contributed by atoms with E-state index < -0.39 is 10.0 Å². The second-order valence-electron chi connectivity index (χ2n) is 5.40. The summed E-state index contributed by atoms with van der Waals surface area (Å²) in [5.41, 5.74) is 0. The molecule has 7 nitrogen and oxygen atoms in total. The van der Waals surface area contributed by atoms with Crippen LogP contribution in [0.1, 0.15) is 38.1 Å². The van der Waals surface area contributed by atoms with E-state index in [1.54, 1.807) is 12.4 Å². The average Bonchev–Trinajstić information content (AvgIpc) is 2.97. The monoisotopic (exact) mass is 314 g/mol. The Kier molecular flexibility index (Phi) is 5.00. The number of aromatic nitrogens is 2. The molecule has 0 aromatic carbocycles. The Balaban J connectivity index is 1.99. The van der Waals surface area contributed by atoms with Gasteiger partial charge in [0.1, 0.15) is 5.82 Å². The summed E-state index contributed by atoms with van der Waals surface area (Å²) in [6.45, 7) is 2.73. The van der Waals surface area contributed by atoms with E-state index in [4.69, 9.17) is 0 Å². The van der Waals surface area contributed by atoms with Crippen LogP contribution in [0.15, 0.2) is 12.4 Å². The van der Waals surface area contributed by atoms with Gasteiger partial charge < -0.3 is 10.3 Å². The molecule has 2 atom stereocenters. The van der Waals surface area contributed by atoms with Gasteiger partial charge in [0.15, 0.2) is 0 Å². The highest BCUT2D eigenvalue weighted by molar-refractivity contribution is 7.88. The predicted octanol–water partition coefficient (Wildman–Crippen LogP) is 0.649. The van der Waals surface area contributed by atoms with E-state index >= 15 is 0 Å². The maximum atomic E-state index is 12.4. The van der Waals surface area contributed by atoms with Gasteiger partial charge in [-0.1, -0.05) is 6.92 Å². The zero-order valence-electron chi connectivity index (χ0n) is 12.4. The van der Waals surface area contributed by atoms with Crippen molar-refractivity contribution < 1.29 is 13.2 Å². The summed E-state index contributed by atoms with van der Waals surface area (Å²) in [7, 11) is -3.23. The summed E-state index contributed by atoms with van der Waals surface area (Å²) in [6.07, 6.45) is 6.70. The number of sulfonamides is 1. The summed E-state index contributed by atoms with van der Waals surface area (Å²) in [5, 5.41) is 2.96. The molecule has 0 aliphatic carbocycles. The van der Waals surface area contributed by atoms with Crippen LogP contribution in [0, 0.1) is 5.92 Å². The number of imidazole rings is 1. The lowest BCUT2D eigenvalue weighted by atomic mass is 9.98. The van der Waals surface area contributed by atoms with Gasteiger partial charge in [-0.05, 0) is 19.3 Å². The number of amides is 1. The van der Waals surface area contributed by atoms with Crippen molar-refractivity contribution >= 4 is 15.9 Å². The molecule has 21 heavy (non-hydrogen) atoms. The van der Waals surface area contributed by atoms with Crippen LogP contribution in [-0.4, -0.2) is 47.9 Å². The number of nitrogens with one attached hydrogen (secondary N) is 2. The third-order valence-corrected chi connectivity index (χ3v) is 5.07. The number of rotatable bonds is 5. The summed E-state index contributed by atoms with van der Waals surface area (Å²) >= 11 is 0. The van der Waals surface area contributed by atoms with Gasteiger partial charge >= 0.3 is 0 Å². The molecule has 1 amide bonds. The highest BCUT2D eigenvalue weighted by atomic mass is 32.2. The van der Waals surface area contributed by atoms with Crippen molar-refractivity contribution in [3.05, 3.63) is 18.2 Å². The number of aromatic amines is 1. The van der Waals surface area contributed by atoms with E-state index in [9.17, 15) is 13.2 Å². The first-order valence-corrected chi connectivity index (χ1v) is 9.01. The van der Waals surface area contributed by atoms with Crippen molar-refractivity contribution in [2.75, 3.05) is 19.3 Å². The highest BCUT2D eigenvalue weighted by Crippen LogP contribution is 2.20. The van der Waals surface area contributed by atoms with E-state index in [0.717, 1.165) is 12.2 Å². The number of carbonyl (C=O) groups is 1. The topological polar surface area (TPSA) is 95.2 Å². The highest BCUT2D eigenvalue weighted by Gasteiger charge is 2.31. The first kappa shape index (κ1) is 16.0. The summed E-state index contributed by atoms with van der Waals surface area (Å²) in [5.74, 6) is 0.325. The van der Waals surface area contributed by atoms with Crippen LogP contribution in [0.2, 0.25) is 0 Å². The fraction of sp³-hybridized carbons (Fsp3) is 0.692. The average molecular weight is 314 g/mol. The zero-order chi connectivity index (χ0) is 15.5. The van der Waals surface area contributed by atoms with Gasteiger partial charge in [0.25, 0.3) is 0 Å². The van der Waals surface area contributed by atoms with Gasteiger partial charge in [-0.15, -0.1) is 0 Å². The number of hydrogen-bond acceptors (Lipinski definition) is 4. The first-order chi connectivity index (χ1) is 9.91. The largest absolute Gasteiger partial charge is 0.347 e. The SMILES string of the molecule is CCC(NC(=O)C1CCCN(S(C)(=O)=O)C1)c1ncc[nH]1. The molecule has 2 N–H and O–H groups in total. The van der Waals surface area contributed by atoms with E-state index in [1.807, 2.05) is 6.92 Å². The molecule has 0 saturated carbocycles. The van der Waals surface area contributed by atoms with Crippen molar-refractivity contribution in [2.24, 2.45) is 5.92 Å². The van der Waals surface area contributed by atoms with E-state index in [2.05, 4.69) is 15.3 Å². The molecule has 1 fully saturated rings. The lowest BCUT2D eigenvalue weighted by Crippen LogP contribution is -2.45. The summed E-state index contributed by atoms with van der Waals surface area (Å²) < 4.78 is 24.6. The van der Waals surface area contributed by atoms with Crippen molar-refractivity contribution in [1.82, 2.24) is 19.6 Å². The quantitative estimate of drug-likeness (QED) is 0.834. The predicted molar refractivity (Wildman–Crippen MR) is 78.9 cm³/mol. The molecular formula is C13H22N4O3S. The number of nitrogens with zero attached hydrogens (tertiary/aromatic N) is 2. The standard InChI is InChI=1S/C13H22N4O3S/c1-3-11(12-14-6-7-15-12)16-13(18)10-5-4-8-17(9-10)21(2,19)20/h6-7,10-11H,3-5,8-9H2,1-2H3,(H,14,15)(H,16,18). The Morgan fingerprint density at radius 3 is 2.95 bits per heavy atom. The van der Waals surface area contributed by atoms with Crippen LogP contribution in [0.4, 0.5) is 0 Å². The molecule has 118 valence electrons. The molecule has 2 unspecified atom stereocenters. The van der Waals surface area contributed by atoms with Crippen LogP contribution >= 0.6 is 0 Å². The molecule has 1 aromatic rings. The van der Waals surface area contributed by atoms with Crippen LogP contribution in [0.5, 0.6) is 0 Å². The maximum absolute atomic E-state index is 12.4. The van der Waals surface area contributed by atoms with Crippen LogP contribution in [0.25, 0.3) is 0 Å². The molecule has 8 heteroatoms. The summed E-state index contributed by atoms with van der Waals surface area (Å²) in [4.78, 5) is 19.5. The molecule has 0 spiro atoms. The third-order valence-electron chi connectivity index (χ3n) is 3.80. The molecular weight excluding hydrogens is 292 g/mol. The van der Waals surface area contributed by atoms with Crippen LogP contribution < -0.4 is 5.32 Å². The molecule has 1 aromatic heterocycles. The minimum atomic E-state index is -3.23. The van der Waals surface area contributed by atoms with Crippen molar-refractivity contribution in [3.63, 3.8) is 0 Å². The minimum absolute atomic E-state index is 0.105. The lowest BCUT2D eigenvalue weighted by Gasteiger charge is -2.31. The van der Waals surface area contributed by atoms with Crippen molar-refractivity contribution in [1.29, 1.82) is 0 Å². The molecule has 2 heterocycles. The van der Waals surface area contributed by atoms with E-state index in [-0.39, 0.29) is 24.4 Å². The molecule has 1 saturated heterocycles. The Morgan fingerprint density at radius 2 is 2.38 bits per heavy atom. The van der Waals surface area contributed by atoms with Gasteiger partial charge in [0.2, 0.25) is 15.9 Å². The summed E-state index contributed by atoms with van der Waals surface area (Å²) in [6, 6.07) is -0.166. The second-order valence-corrected chi connectivity index (χ2v) is 7.39. The number of hydrogen-bond donors (Lipinski definition) is 2. The first-order valence-electron chi connectivity index (χ1n) is 7.16. The van der Waals surface area contributed by atoms with Gasteiger partial charge in [0.05, 0.1) is 18.2 Å². The molecule has 2 rings (SSSR count). The van der Waals surface area contributed by atoms with Crippen molar-refractivity contribution in [3.8, 4) is 0 Å². The van der Waals surface area contributed by atoms with E-state index in [1.165, 1.54) is 10.6 Å². The molecule has 0 radical (unpaired) electrons. The van der Waals surface area contributed by atoms with Crippen LogP contribution in [0.3, 0.4) is 0 Å². The minimum Gasteiger partial charge on any atom is -0.347 e. The fourth-order valence-corrected chi connectivity index (χ4v) is 3.49. The Labute approximate surface area is 125 Å². The lowest BCUT2D eigenvalue weighted by molar-refractivity contribution is -0.126. The van der Waals surface area contributed by atoms with Gasteiger partial charge in [-0.3, -0.25) is 4.79 Å².